The molecule has 3 heteroatoms. The van der Waals surface area contributed by atoms with E-state index in [1.165, 1.54) is 5.56 Å². The van der Waals surface area contributed by atoms with E-state index in [0.717, 1.165) is 5.82 Å². The molecule has 1 heterocycles. The van der Waals surface area contributed by atoms with Gasteiger partial charge in [0.1, 0.15) is 5.82 Å². The number of aromatic nitrogens is 2. The number of imidazole rings is 1. The van der Waals surface area contributed by atoms with E-state index in [1.807, 2.05) is 19.4 Å². The van der Waals surface area contributed by atoms with E-state index < -0.39 is 0 Å². The number of benzene rings is 1. The van der Waals surface area contributed by atoms with Gasteiger partial charge in [0.25, 0.3) is 0 Å². The fraction of sp³-hybridized carbons (Fsp3) is 0.438. The Balaban J connectivity index is 2.16. The standard InChI is InChI=1S/C16H23N3/c1-12(2)15(14-8-6-5-7-9-14)18-13(3)16-17-10-11-19(16)4/h5-13,15,18H,1-4H3. The lowest BCUT2D eigenvalue weighted by Gasteiger charge is -2.26. The van der Waals surface area contributed by atoms with Crippen molar-refractivity contribution in [1.82, 2.24) is 14.9 Å². The molecule has 0 aliphatic rings. The maximum absolute atomic E-state index is 4.42. The van der Waals surface area contributed by atoms with Crippen molar-refractivity contribution >= 4 is 0 Å². The minimum Gasteiger partial charge on any atom is -0.337 e. The Kier molecular flexibility index (Phi) is 4.38. The van der Waals surface area contributed by atoms with Gasteiger partial charge < -0.3 is 9.88 Å². The predicted molar refractivity (Wildman–Crippen MR) is 78.8 cm³/mol. The van der Waals surface area contributed by atoms with Gasteiger partial charge in [-0.25, -0.2) is 4.98 Å². The summed E-state index contributed by atoms with van der Waals surface area (Å²) in [6.45, 7) is 6.66. The first-order valence-electron chi connectivity index (χ1n) is 6.87. The van der Waals surface area contributed by atoms with Crippen LogP contribution in [0.5, 0.6) is 0 Å². The van der Waals surface area contributed by atoms with E-state index in [9.17, 15) is 0 Å². The molecule has 0 saturated carbocycles. The summed E-state index contributed by atoms with van der Waals surface area (Å²) in [5, 5.41) is 3.69. The van der Waals surface area contributed by atoms with Gasteiger partial charge in [-0.1, -0.05) is 44.2 Å². The fourth-order valence-corrected chi connectivity index (χ4v) is 2.47. The smallest absolute Gasteiger partial charge is 0.125 e. The molecule has 1 aromatic heterocycles. The highest BCUT2D eigenvalue weighted by atomic mass is 15.1. The van der Waals surface area contributed by atoms with Crippen LogP contribution in [-0.2, 0) is 7.05 Å². The Morgan fingerprint density at radius 2 is 1.79 bits per heavy atom. The van der Waals surface area contributed by atoms with Crippen molar-refractivity contribution in [3.8, 4) is 0 Å². The van der Waals surface area contributed by atoms with Crippen molar-refractivity contribution in [2.75, 3.05) is 0 Å². The van der Waals surface area contributed by atoms with Crippen LogP contribution < -0.4 is 5.32 Å². The number of rotatable bonds is 5. The second-order valence-corrected chi connectivity index (χ2v) is 5.42. The van der Waals surface area contributed by atoms with Crippen LogP contribution >= 0.6 is 0 Å². The Labute approximate surface area is 115 Å². The number of hydrogen-bond acceptors (Lipinski definition) is 2. The van der Waals surface area contributed by atoms with Crippen molar-refractivity contribution in [1.29, 1.82) is 0 Å². The molecule has 102 valence electrons. The molecule has 0 aliphatic carbocycles. The van der Waals surface area contributed by atoms with E-state index in [0.29, 0.717) is 12.0 Å². The van der Waals surface area contributed by atoms with Gasteiger partial charge >= 0.3 is 0 Å². The molecule has 0 fully saturated rings. The highest BCUT2D eigenvalue weighted by molar-refractivity contribution is 5.20. The van der Waals surface area contributed by atoms with E-state index in [-0.39, 0.29) is 6.04 Å². The SMILES string of the molecule is CC(NC(c1ccccc1)C(C)C)c1nccn1C. The van der Waals surface area contributed by atoms with Crippen LogP contribution in [0.1, 0.15) is 44.2 Å². The summed E-state index contributed by atoms with van der Waals surface area (Å²) in [5.41, 5.74) is 1.33. The first-order chi connectivity index (χ1) is 9.09. The molecule has 2 aromatic rings. The summed E-state index contributed by atoms with van der Waals surface area (Å²) in [6, 6.07) is 11.2. The molecular weight excluding hydrogens is 234 g/mol. The Morgan fingerprint density at radius 3 is 2.32 bits per heavy atom. The van der Waals surface area contributed by atoms with Crippen molar-refractivity contribution in [3.63, 3.8) is 0 Å². The molecule has 2 rings (SSSR count). The Morgan fingerprint density at radius 1 is 1.11 bits per heavy atom. The van der Waals surface area contributed by atoms with E-state index in [2.05, 4.69) is 66.0 Å². The zero-order chi connectivity index (χ0) is 13.8. The Hall–Kier alpha value is -1.61. The van der Waals surface area contributed by atoms with Gasteiger partial charge in [-0.2, -0.15) is 0 Å². The van der Waals surface area contributed by atoms with Gasteiger partial charge in [0.05, 0.1) is 6.04 Å². The first kappa shape index (κ1) is 13.8. The molecule has 19 heavy (non-hydrogen) atoms. The third-order valence-electron chi connectivity index (χ3n) is 3.50. The summed E-state index contributed by atoms with van der Waals surface area (Å²) in [5.74, 6) is 1.60. The minimum absolute atomic E-state index is 0.229. The van der Waals surface area contributed by atoms with E-state index in [1.54, 1.807) is 0 Å². The lowest BCUT2D eigenvalue weighted by molar-refractivity contribution is 0.363. The maximum Gasteiger partial charge on any atom is 0.125 e. The molecule has 0 saturated heterocycles. The highest BCUT2D eigenvalue weighted by Gasteiger charge is 2.20. The van der Waals surface area contributed by atoms with Crippen LogP contribution in [0.2, 0.25) is 0 Å². The normalized spacial score (nSPS) is 14.6. The van der Waals surface area contributed by atoms with Crippen LogP contribution in [0.4, 0.5) is 0 Å². The van der Waals surface area contributed by atoms with Crippen LogP contribution in [0.15, 0.2) is 42.7 Å². The molecule has 2 unspecified atom stereocenters. The fourth-order valence-electron chi connectivity index (χ4n) is 2.47. The predicted octanol–water partition coefficient (Wildman–Crippen LogP) is 3.47. The number of aryl methyl sites for hydroxylation is 1. The molecule has 3 nitrogen and oxygen atoms in total. The number of nitrogens with one attached hydrogen (secondary N) is 1. The first-order valence-corrected chi connectivity index (χ1v) is 6.87. The van der Waals surface area contributed by atoms with Crippen molar-refractivity contribution < 1.29 is 0 Å². The van der Waals surface area contributed by atoms with Crippen LogP contribution in [0, 0.1) is 5.92 Å². The summed E-state index contributed by atoms with van der Waals surface area (Å²) >= 11 is 0. The molecule has 2 atom stereocenters. The molecule has 0 bridgehead atoms. The van der Waals surface area contributed by atoms with Crippen LogP contribution in [0.25, 0.3) is 0 Å². The summed E-state index contributed by atoms with van der Waals surface area (Å²) in [7, 11) is 2.04. The lowest BCUT2D eigenvalue weighted by Crippen LogP contribution is -2.29. The molecule has 0 aliphatic heterocycles. The minimum atomic E-state index is 0.229. The molecule has 1 N–H and O–H groups in total. The summed E-state index contributed by atoms with van der Waals surface area (Å²) < 4.78 is 2.07. The average Bonchev–Trinajstić information content (AvgIpc) is 2.82. The van der Waals surface area contributed by atoms with Gasteiger partial charge in [-0.15, -0.1) is 0 Å². The zero-order valence-electron chi connectivity index (χ0n) is 12.2. The molecule has 0 radical (unpaired) electrons. The quantitative estimate of drug-likeness (QED) is 0.889. The van der Waals surface area contributed by atoms with Crippen molar-refractivity contribution in [2.45, 2.75) is 32.9 Å². The highest BCUT2D eigenvalue weighted by Crippen LogP contribution is 2.24. The molecule has 1 aromatic carbocycles. The monoisotopic (exact) mass is 257 g/mol. The van der Waals surface area contributed by atoms with Crippen molar-refractivity contribution in [3.05, 3.63) is 54.1 Å². The third-order valence-corrected chi connectivity index (χ3v) is 3.50. The van der Waals surface area contributed by atoms with E-state index in [4.69, 9.17) is 0 Å². The zero-order valence-corrected chi connectivity index (χ0v) is 12.2. The second kappa shape index (κ2) is 6.02. The van der Waals surface area contributed by atoms with Crippen LogP contribution in [-0.4, -0.2) is 9.55 Å². The van der Waals surface area contributed by atoms with Gasteiger partial charge in [0.2, 0.25) is 0 Å². The maximum atomic E-state index is 4.42. The van der Waals surface area contributed by atoms with Gasteiger partial charge in [0.15, 0.2) is 0 Å². The number of nitrogens with zero attached hydrogens (tertiary/aromatic N) is 2. The lowest BCUT2D eigenvalue weighted by atomic mass is 9.95. The Bertz CT molecular complexity index is 502. The second-order valence-electron chi connectivity index (χ2n) is 5.42. The van der Waals surface area contributed by atoms with Crippen molar-refractivity contribution in [2.24, 2.45) is 13.0 Å². The van der Waals surface area contributed by atoms with Crippen LogP contribution in [0.3, 0.4) is 0 Å². The van der Waals surface area contributed by atoms with E-state index >= 15 is 0 Å². The van der Waals surface area contributed by atoms with Gasteiger partial charge in [0, 0.05) is 25.5 Å². The van der Waals surface area contributed by atoms with Gasteiger partial charge in [-0.05, 0) is 18.4 Å². The number of hydrogen-bond donors (Lipinski definition) is 1. The topological polar surface area (TPSA) is 29.9 Å². The molecular formula is C16H23N3. The van der Waals surface area contributed by atoms with Gasteiger partial charge in [-0.3, -0.25) is 0 Å². The molecule has 0 amide bonds. The largest absolute Gasteiger partial charge is 0.337 e. The average molecular weight is 257 g/mol. The summed E-state index contributed by atoms with van der Waals surface area (Å²) in [6.07, 6.45) is 3.83. The third kappa shape index (κ3) is 3.24. The summed E-state index contributed by atoms with van der Waals surface area (Å²) in [4.78, 5) is 4.42. The molecule has 0 spiro atoms.